The van der Waals surface area contributed by atoms with Crippen molar-refractivity contribution in [1.29, 1.82) is 0 Å². The van der Waals surface area contributed by atoms with Gasteiger partial charge in [0.05, 0.1) is 11.6 Å². The first-order chi connectivity index (χ1) is 9.77. The second-order valence-electron chi connectivity index (χ2n) is 5.33. The van der Waals surface area contributed by atoms with Gasteiger partial charge in [-0.15, -0.1) is 0 Å². The van der Waals surface area contributed by atoms with Crippen LogP contribution in [-0.2, 0) is 0 Å². The molecule has 0 radical (unpaired) electrons. The van der Waals surface area contributed by atoms with Gasteiger partial charge in [-0.05, 0) is 13.3 Å². The second kappa shape index (κ2) is 4.47. The Labute approximate surface area is 118 Å². The van der Waals surface area contributed by atoms with Crippen molar-refractivity contribution in [2.24, 2.45) is 5.73 Å². The van der Waals surface area contributed by atoms with Gasteiger partial charge in [0, 0.05) is 19.1 Å². The van der Waals surface area contributed by atoms with Gasteiger partial charge in [-0.2, -0.15) is 13.2 Å². The number of alkyl halides is 3. The molecule has 0 spiro atoms. The molecule has 9 heteroatoms. The van der Waals surface area contributed by atoms with E-state index in [1.54, 1.807) is 0 Å². The molecule has 2 atom stereocenters. The predicted molar refractivity (Wildman–Crippen MR) is 69.3 cm³/mol. The minimum atomic E-state index is -4.45. The van der Waals surface area contributed by atoms with Crippen molar-refractivity contribution in [2.75, 3.05) is 23.3 Å². The van der Waals surface area contributed by atoms with E-state index in [0.717, 1.165) is 13.3 Å². The Morgan fingerprint density at radius 2 is 2.19 bits per heavy atom. The van der Waals surface area contributed by atoms with Crippen molar-refractivity contribution in [2.45, 2.75) is 31.5 Å². The minimum Gasteiger partial charge on any atom is -0.365 e. The van der Waals surface area contributed by atoms with E-state index < -0.39 is 23.8 Å². The molecule has 2 aliphatic heterocycles. The van der Waals surface area contributed by atoms with Gasteiger partial charge in [0.25, 0.3) is 5.91 Å². The zero-order valence-corrected chi connectivity index (χ0v) is 11.2. The van der Waals surface area contributed by atoms with Gasteiger partial charge in [-0.1, -0.05) is 0 Å². The Balaban J connectivity index is 2.17. The number of carbonyl (C=O) groups excluding carboxylic acids is 1. The number of halogens is 3. The summed E-state index contributed by atoms with van der Waals surface area (Å²) in [6.45, 7) is 2.28. The Morgan fingerprint density at radius 3 is 2.81 bits per heavy atom. The smallest absolute Gasteiger partial charge is 0.365 e. The maximum atomic E-state index is 13.1. The van der Waals surface area contributed by atoms with Crippen LogP contribution in [0.5, 0.6) is 0 Å². The molecule has 2 aliphatic rings. The van der Waals surface area contributed by atoms with Crippen LogP contribution < -0.4 is 16.0 Å². The van der Waals surface area contributed by atoms with Crippen LogP contribution in [0.25, 0.3) is 0 Å². The predicted octanol–water partition coefficient (Wildman–Crippen LogP) is 1.25. The minimum absolute atomic E-state index is 0.127. The van der Waals surface area contributed by atoms with Crippen LogP contribution >= 0.6 is 0 Å². The molecule has 0 saturated carbocycles. The molecule has 3 heterocycles. The third kappa shape index (κ3) is 2.26. The van der Waals surface area contributed by atoms with E-state index in [-0.39, 0.29) is 17.6 Å². The summed E-state index contributed by atoms with van der Waals surface area (Å²) in [5.74, 6) is -2.87. The third-order valence-electron chi connectivity index (χ3n) is 3.88. The first-order valence-electron chi connectivity index (χ1n) is 6.57. The van der Waals surface area contributed by atoms with Gasteiger partial charge in [-0.25, -0.2) is 9.97 Å². The largest absolute Gasteiger partial charge is 0.397 e. The number of nitrogens with two attached hydrogens (primary N) is 1. The van der Waals surface area contributed by atoms with Crippen molar-refractivity contribution in [1.82, 2.24) is 9.97 Å². The molecule has 1 fully saturated rings. The SMILES string of the molecule is C[C@H](c1nc(C(N)=O)nc2c1N1CCC(C1)N2)C(F)(F)F. The van der Waals surface area contributed by atoms with Crippen LogP contribution in [0, 0.1) is 0 Å². The number of hydrogen-bond acceptors (Lipinski definition) is 5. The quantitative estimate of drug-likeness (QED) is 0.858. The molecule has 3 rings (SSSR count). The van der Waals surface area contributed by atoms with Crippen LogP contribution in [-0.4, -0.2) is 41.2 Å². The molecule has 114 valence electrons. The van der Waals surface area contributed by atoms with E-state index in [1.807, 2.05) is 4.90 Å². The highest BCUT2D eigenvalue weighted by atomic mass is 19.4. The van der Waals surface area contributed by atoms with Gasteiger partial charge in [0.15, 0.2) is 5.82 Å². The maximum absolute atomic E-state index is 13.1. The maximum Gasteiger partial charge on any atom is 0.397 e. The number of rotatable bonds is 2. The van der Waals surface area contributed by atoms with E-state index in [2.05, 4.69) is 15.3 Å². The number of hydrogen-bond donors (Lipinski definition) is 2. The third-order valence-corrected chi connectivity index (χ3v) is 3.88. The van der Waals surface area contributed by atoms with Gasteiger partial charge >= 0.3 is 6.18 Å². The Morgan fingerprint density at radius 1 is 1.48 bits per heavy atom. The fourth-order valence-corrected chi connectivity index (χ4v) is 2.73. The number of nitrogens with zero attached hydrogens (tertiary/aromatic N) is 3. The second-order valence-corrected chi connectivity index (χ2v) is 5.33. The lowest BCUT2D eigenvalue weighted by atomic mass is 10.0. The average Bonchev–Trinajstić information content (AvgIpc) is 2.77. The fourth-order valence-electron chi connectivity index (χ4n) is 2.73. The highest BCUT2D eigenvalue weighted by Gasteiger charge is 2.43. The molecule has 1 unspecified atom stereocenters. The molecular formula is C12H14F3N5O. The number of aromatic nitrogens is 2. The number of fused-ring (bicyclic) bond motifs is 4. The summed E-state index contributed by atoms with van der Waals surface area (Å²) in [4.78, 5) is 20.9. The Bertz CT molecular complexity index is 603. The summed E-state index contributed by atoms with van der Waals surface area (Å²) >= 11 is 0. The normalized spacial score (nSPS) is 21.7. The lowest BCUT2D eigenvalue weighted by Crippen LogP contribution is -2.36. The fraction of sp³-hybridized carbons (Fsp3) is 0.583. The number of primary amides is 1. The van der Waals surface area contributed by atoms with Crippen LogP contribution in [0.2, 0.25) is 0 Å². The monoisotopic (exact) mass is 301 g/mol. The average molecular weight is 301 g/mol. The van der Waals surface area contributed by atoms with E-state index in [4.69, 9.17) is 5.73 Å². The van der Waals surface area contributed by atoms with Crippen LogP contribution in [0.1, 0.15) is 35.6 Å². The van der Waals surface area contributed by atoms with Crippen molar-refractivity contribution in [3.8, 4) is 0 Å². The summed E-state index contributed by atoms with van der Waals surface area (Å²) in [7, 11) is 0. The standard InChI is InChI=1S/C12H14F3N5O/c1-5(12(13,14)15)7-8-10(19-11(18-7)9(16)21)17-6-2-3-20(8)4-6/h5-6H,2-4H2,1H3,(H2,16,21)(H,17,18,19)/t5-,6?/m1/s1. The Kier molecular flexibility index (Phi) is 2.96. The molecule has 2 bridgehead atoms. The Hall–Kier alpha value is -2.06. The first-order valence-corrected chi connectivity index (χ1v) is 6.57. The molecule has 1 aromatic heterocycles. The lowest BCUT2D eigenvalue weighted by molar-refractivity contribution is -0.147. The van der Waals surface area contributed by atoms with Crippen LogP contribution in [0.4, 0.5) is 24.7 Å². The number of anilines is 2. The number of amides is 1. The summed E-state index contributed by atoms with van der Waals surface area (Å²) < 4.78 is 39.2. The van der Waals surface area contributed by atoms with Crippen molar-refractivity contribution in [3.05, 3.63) is 11.5 Å². The van der Waals surface area contributed by atoms with Crippen LogP contribution in [0.15, 0.2) is 0 Å². The molecule has 6 nitrogen and oxygen atoms in total. The molecule has 3 N–H and O–H groups in total. The highest BCUT2D eigenvalue weighted by Crippen LogP contribution is 2.43. The summed E-state index contributed by atoms with van der Waals surface area (Å²) in [5, 5.41) is 3.06. The molecule has 1 amide bonds. The molecule has 1 saturated heterocycles. The van der Waals surface area contributed by atoms with Crippen LogP contribution in [0.3, 0.4) is 0 Å². The zero-order valence-electron chi connectivity index (χ0n) is 11.2. The summed E-state index contributed by atoms with van der Waals surface area (Å²) in [6.07, 6.45) is -3.64. The van der Waals surface area contributed by atoms with Crippen molar-refractivity contribution >= 4 is 17.4 Å². The van der Waals surface area contributed by atoms with E-state index in [0.29, 0.717) is 18.8 Å². The van der Waals surface area contributed by atoms with E-state index in [9.17, 15) is 18.0 Å². The topological polar surface area (TPSA) is 84.1 Å². The lowest BCUT2D eigenvalue weighted by Gasteiger charge is -2.31. The zero-order chi connectivity index (χ0) is 15.4. The van der Waals surface area contributed by atoms with Gasteiger partial charge in [0.1, 0.15) is 5.69 Å². The van der Waals surface area contributed by atoms with E-state index in [1.165, 1.54) is 0 Å². The van der Waals surface area contributed by atoms with Gasteiger partial charge < -0.3 is 16.0 Å². The van der Waals surface area contributed by atoms with Gasteiger partial charge in [0.2, 0.25) is 5.82 Å². The molecule has 0 aliphatic carbocycles. The summed E-state index contributed by atoms with van der Waals surface area (Å²) in [5.41, 5.74) is 5.26. The van der Waals surface area contributed by atoms with Gasteiger partial charge in [-0.3, -0.25) is 4.79 Å². The number of nitrogens with one attached hydrogen (secondary N) is 1. The molecule has 0 aromatic carbocycles. The summed E-state index contributed by atoms with van der Waals surface area (Å²) in [6, 6.07) is 0.127. The van der Waals surface area contributed by atoms with E-state index >= 15 is 0 Å². The molecular weight excluding hydrogens is 287 g/mol. The van der Waals surface area contributed by atoms with Crippen molar-refractivity contribution < 1.29 is 18.0 Å². The number of carbonyl (C=O) groups is 1. The molecule has 1 aromatic rings. The molecule has 21 heavy (non-hydrogen) atoms. The van der Waals surface area contributed by atoms with Crippen molar-refractivity contribution in [3.63, 3.8) is 0 Å². The highest BCUT2D eigenvalue weighted by molar-refractivity contribution is 5.90. The first kappa shape index (κ1) is 13.9.